The summed E-state index contributed by atoms with van der Waals surface area (Å²) in [6, 6.07) is 7.46. The number of hydrogen-bond acceptors (Lipinski definition) is 8. The molecule has 166 valence electrons. The number of rotatable bonds is 8. The van der Waals surface area contributed by atoms with Gasteiger partial charge in [-0.25, -0.2) is 4.79 Å². The number of fused-ring (bicyclic) bond motifs is 1. The number of thiophene rings is 1. The number of ether oxygens (including phenoxy) is 3. The van der Waals surface area contributed by atoms with E-state index in [0.717, 1.165) is 16.9 Å². The van der Waals surface area contributed by atoms with Crippen LogP contribution < -0.4 is 4.74 Å². The van der Waals surface area contributed by atoms with Crippen LogP contribution in [0.1, 0.15) is 57.3 Å². The molecule has 2 atom stereocenters. The van der Waals surface area contributed by atoms with E-state index >= 15 is 0 Å². The lowest BCUT2D eigenvalue weighted by atomic mass is 9.80. The van der Waals surface area contributed by atoms with Crippen molar-refractivity contribution in [3.05, 3.63) is 45.8 Å². The maximum Gasteiger partial charge on any atom is 0.348 e. The van der Waals surface area contributed by atoms with Crippen LogP contribution in [-0.2, 0) is 31.5 Å². The lowest BCUT2D eigenvalue weighted by molar-refractivity contribution is -0.139. The lowest BCUT2D eigenvalue weighted by Gasteiger charge is -2.23. The molecule has 31 heavy (non-hydrogen) atoms. The number of hydrogen-bond donors (Lipinski definition) is 0. The van der Waals surface area contributed by atoms with Gasteiger partial charge < -0.3 is 14.2 Å². The van der Waals surface area contributed by atoms with Gasteiger partial charge in [0.15, 0.2) is 5.78 Å². The minimum atomic E-state index is -1.79. The summed E-state index contributed by atoms with van der Waals surface area (Å²) in [6.07, 6.45) is 0.663. The third-order valence-electron chi connectivity index (χ3n) is 4.94. The number of carbonyl (C=O) groups excluding carboxylic acids is 3. The Balaban J connectivity index is 1.99. The Morgan fingerprint density at radius 1 is 1.10 bits per heavy atom. The summed E-state index contributed by atoms with van der Waals surface area (Å²) in [4.78, 5) is 37.8. The highest BCUT2D eigenvalue weighted by atomic mass is 32.2. The fraction of sp³-hybridized carbons (Fsp3) is 0.409. The van der Waals surface area contributed by atoms with E-state index in [1.165, 1.54) is 0 Å². The van der Waals surface area contributed by atoms with Crippen LogP contribution in [0.2, 0.25) is 0 Å². The third-order valence-corrected chi connectivity index (χ3v) is 7.87. The van der Waals surface area contributed by atoms with E-state index in [-0.39, 0.29) is 46.2 Å². The monoisotopic (exact) mass is 464 g/mol. The van der Waals surface area contributed by atoms with Gasteiger partial charge in [0, 0.05) is 12.0 Å². The van der Waals surface area contributed by atoms with Crippen molar-refractivity contribution in [2.24, 2.45) is 0 Å². The molecular weight excluding hydrogens is 440 g/mol. The Hall–Kier alpha value is -2.52. The highest BCUT2D eigenvalue weighted by Crippen LogP contribution is 2.42. The minimum Gasteiger partial charge on any atom is -0.497 e. The average Bonchev–Trinajstić information content (AvgIpc) is 3.14. The third kappa shape index (κ3) is 5.04. The summed E-state index contributed by atoms with van der Waals surface area (Å²) >= 11 is 0.975. The minimum absolute atomic E-state index is 0.125. The molecule has 0 radical (unpaired) electrons. The van der Waals surface area contributed by atoms with Crippen LogP contribution in [0, 0.1) is 0 Å². The van der Waals surface area contributed by atoms with E-state index in [1.54, 1.807) is 21.0 Å². The summed E-state index contributed by atoms with van der Waals surface area (Å²) < 4.78 is 28.3. The van der Waals surface area contributed by atoms with Crippen LogP contribution >= 0.6 is 11.3 Å². The zero-order valence-corrected chi connectivity index (χ0v) is 19.2. The van der Waals surface area contributed by atoms with Crippen molar-refractivity contribution in [1.82, 2.24) is 0 Å². The summed E-state index contributed by atoms with van der Waals surface area (Å²) in [5.41, 5.74) is 1.79. The average molecular weight is 465 g/mol. The molecule has 0 saturated heterocycles. The molecule has 7 nitrogen and oxygen atoms in total. The van der Waals surface area contributed by atoms with E-state index in [4.69, 9.17) is 14.2 Å². The van der Waals surface area contributed by atoms with E-state index in [9.17, 15) is 18.6 Å². The second kappa shape index (κ2) is 10.2. The molecule has 1 aliphatic rings. The van der Waals surface area contributed by atoms with Crippen molar-refractivity contribution < 1.29 is 32.8 Å². The first-order valence-corrected chi connectivity index (χ1v) is 12.1. The summed E-state index contributed by atoms with van der Waals surface area (Å²) in [5.74, 6) is -1.13. The molecule has 0 bridgehead atoms. The fourth-order valence-electron chi connectivity index (χ4n) is 3.57. The highest BCUT2D eigenvalue weighted by Gasteiger charge is 2.36. The van der Waals surface area contributed by atoms with Crippen LogP contribution in [0.3, 0.4) is 0 Å². The van der Waals surface area contributed by atoms with Gasteiger partial charge in [-0.2, -0.15) is 0 Å². The fourth-order valence-corrected chi connectivity index (χ4v) is 6.24. The van der Waals surface area contributed by atoms with Gasteiger partial charge in [-0.3, -0.25) is 13.8 Å². The van der Waals surface area contributed by atoms with Crippen molar-refractivity contribution >= 4 is 39.9 Å². The Labute approximate surface area is 187 Å². The van der Waals surface area contributed by atoms with Gasteiger partial charge in [0.25, 0.3) is 0 Å². The van der Waals surface area contributed by atoms with E-state index < -0.39 is 22.7 Å². The molecule has 1 aromatic heterocycles. The molecule has 0 saturated carbocycles. The molecule has 1 heterocycles. The highest BCUT2D eigenvalue weighted by molar-refractivity contribution is 7.88. The number of esters is 2. The zero-order valence-electron chi connectivity index (χ0n) is 17.6. The van der Waals surface area contributed by atoms with Gasteiger partial charge in [0.05, 0.1) is 31.1 Å². The molecule has 9 heteroatoms. The Kier molecular flexibility index (Phi) is 7.61. The number of benzene rings is 1. The first-order valence-electron chi connectivity index (χ1n) is 9.93. The van der Waals surface area contributed by atoms with Crippen LogP contribution in [0.15, 0.2) is 28.5 Å². The SMILES string of the molecule is CCOC(=O)CS(=O)c1sc(C(=O)OCC)c2c1C(=O)CC(c1ccc(OC)cc1)C2. The number of ketones is 1. The van der Waals surface area contributed by atoms with Crippen LogP contribution in [0.4, 0.5) is 0 Å². The molecule has 1 aromatic carbocycles. The van der Waals surface area contributed by atoms with E-state index in [0.29, 0.717) is 23.3 Å². The van der Waals surface area contributed by atoms with Crippen molar-refractivity contribution in [2.45, 2.75) is 36.8 Å². The summed E-state index contributed by atoms with van der Waals surface area (Å²) in [5, 5.41) is 0. The standard InChI is InChI=1S/C22H24O7S2/c1-4-28-18(24)12-31(26)22-19-16(20(30-22)21(25)29-5-2)10-14(11-17(19)23)13-6-8-15(27-3)9-7-13/h6-9,14H,4-5,10-12H2,1-3H3. The molecule has 1 aliphatic carbocycles. The smallest absolute Gasteiger partial charge is 0.348 e. The van der Waals surface area contributed by atoms with Crippen LogP contribution in [-0.4, -0.2) is 48.0 Å². The van der Waals surface area contributed by atoms with Crippen LogP contribution in [0.5, 0.6) is 5.75 Å². The van der Waals surface area contributed by atoms with E-state index in [2.05, 4.69) is 0 Å². The molecule has 0 fully saturated rings. The van der Waals surface area contributed by atoms with Crippen molar-refractivity contribution in [3.8, 4) is 5.75 Å². The predicted octanol–water partition coefficient (Wildman–Crippen LogP) is 3.52. The molecule has 3 rings (SSSR count). The molecular formula is C22H24O7S2. The van der Waals surface area contributed by atoms with Gasteiger partial charge >= 0.3 is 11.9 Å². The Morgan fingerprint density at radius 3 is 2.39 bits per heavy atom. The van der Waals surface area contributed by atoms with Crippen molar-refractivity contribution in [3.63, 3.8) is 0 Å². The van der Waals surface area contributed by atoms with Crippen molar-refractivity contribution in [1.29, 1.82) is 0 Å². The second-order valence-corrected chi connectivity index (χ2v) is 9.56. The number of methoxy groups -OCH3 is 1. The van der Waals surface area contributed by atoms with Crippen LogP contribution in [0.25, 0.3) is 0 Å². The lowest BCUT2D eigenvalue weighted by Crippen LogP contribution is -2.21. The molecule has 0 N–H and O–H groups in total. The molecule has 0 amide bonds. The molecule has 2 unspecified atom stereocenters. The zero-order chi connectivity index (χ0) is 22.5. The molecule has 2 aromatic rings. The molecule has 0 spiro atoms. The topological polar surface area (TPSA) is 96.0 Å². The first kappa shape index (κ1) is 23.1. The Morgan fingerprint density at radius 2 is 1.77 bits per heavy atom. The number of carbonyl (C=O) groups is 3. The van der Waals surface area contributed by atoms with Gasteiger partial charge in [-0.15, -0.1) is 11.3 Å². The normalized spacial score (nSPS) is 16.4. The quantitative estimate of drug-likeness (QED) is 0.552. The van der Waals surface area contributed by atoms with E-state index in [1.807, 2.05) is 24.3 Å². The van der Waals surface area contributed by atoms with Gasteiger partial charge in [0.1, 0.15) is 20.6 Å². The van der Waals surface area contributed by atoms with Gasteiger partial charge in [0.2, 0.25) is 0 Å². The first-order chi connectivity index (χ1) is 14.9. The summed E-state index contributed by atoms with van der Waals surface area (Å²) in [6.45, 7) is 3.72. The maximum absolute atomic E-state index is 13.1. The second-order valence-electron chi connectivity index (χ2n) is 6.89. The predicted molar refractivity (Wildman–Crippen MR) is 117 cm³/mol. The molecule has 0 aliphatic heterocycles. The van der Waals surface area contributed by atoms with Gasteiger partial charge in [-0.05, 0) is 49.4 Å². The number of Topliss-reactive ketones (excluding diaryl/α,β-unsaturated/α-hetero) is 1. The van der Waals surface area contributed by atoms with Crippen molar-refractivity contribution in [2.75, 3.05) is 26.1 Å². The Bertz CT molecular complexity index is 1010. The maximum atomic E-state index is 13.1. The summed E-state index contributed by atoms with van der Waals surface area (Å²) in [7, 11) is -0.202. The van der Waals surface area contributed by atoms with Gasteiger partial charge in [-0.1, -0.05) is 12.1 Å². The largest absolute Gasteiger partial charge is 0.497 e.